The number of nitrogens with one attached hydrogen (secondary N) is 1. The lowest BCUT2D eigenvalue weighted by molar-refractivity contribution is 0.802. The van der Waals surface area contributed by atoms with Gasteiger partial charge in [0.25, 0.3) is 11.1 Å². The standard InChI is InChI=1S/C20H14N2O2/c23-19-17-12-11-15(14-7-3-1-4-8-14)13-18(17)20(24)22(21-19)16-9-5-2-6-10-16/h1-13H,(H,21,23). The lowest BCUT2D eigenvalue weighted by atomic mass is 10.0. The Morgan fingerprint density at radius 1 is 0.667 bits per heavy atom. The zero-order valence-corrected chi connectivity index (χ0v) is 12.8. The number of nitrogens with zero attached hydrogens (tertiary/aromatic N) is 1. The van der Waals surface area contributed by atoms with E-state index in [0.29, 0.717) is 16.5 Å². The average Bonchev–Trinajstić information content (AvgIpc) is 2.66. The summed E-state index contributed by atoms with van der Waals surface area (Å²) in [6, 6.07) is 24.2. The number of fused-ring (bicyclic) bond motifs is 1. The summed E-state index contributed by atoms with van der Waals surface area (Å²) in [7, 11) is 0. The van der Waals surface area contributed by atoms with E-state index in [2.05, 4.69) is 5.10 Å². The van der Waals surface area contributed by atoms with Crippen LogP contribution in [0.3, 0.4) is 0 Å². The van der Waals surface area contributed by atoms with E-state index in [1.54, 1.807) is 24.3 Å². The summed E-state index contributed by atoms with van der Waals surface area (Å²) in [5.74, 6) is 0. The number of para-hydroxylation sites is 1. The lowest BCUT2D eigenvalue weighted by Gasteiger charge is -2.08. The van der Waals surface area contributed by atoms with Crippen LogP contribution in [0.4, 0.5) is 0 Å². The number of H-pyrrole nitrogens is 1. The minimum Gasteiger partial charge on any atom is -0.267 e. The van der Waals surface area contributed by atoms with Crippen LogP contribution in [0, 0.1) is 0 Å². The second kappa shape index (κ2) is 5.66. The van der Waals surface area contributed by atoms with Gasteiger partial charge >= 0.3 is 0 Å². The maximum absolute atomic E-state index is 12.9. The molecule has 0 unspecified atom stereocenters. The first-order valence-electron chi connectivity index (χ1n) is 7.64. The highest BCUT2D eigenvalue weighted by Gasteiger charge is 2.10. The summed E-state index contributed by atoms with van der Waals surface area (Å²) >= 11 is 0. The van der Waals surface area contributed by atoms with Crippen LogP contribution >= 0.6 is 0 Å². The number of aromatic nitrogens is 2. The lowest BCUT2D eigenvalue weighted by Crippen LogP contribution is -2.28. The van der Waals surface area contributed by atoms with Gasteiger partial charge in [-0.15, -0.1) is 0 Å². The van der Waals surface area contributed by atoms with Gasteiger partial charge in [-0.25, -0.2) is 4.68 Å². The molecule has 0 atom stereocenters. The maximum atomic E-state index is 12.9. The molecule has 24 heavy (non-hydrogen) atoms. The molecule has 0 saturated carbocycles. The van der Waals surface area contributed by atoms with Crippen molar-refractivity contribution in [2.75, 3.05) is 0 Å². The molecule has 0 spiro atoms. The third kappa shape index (κ3) is 2.34. The highest BCUT2D eigenvalue weighted by Crippen LogP contribution is 2.21. The third-order valence-electron chi connectivity index (χ3n) is 4.03. The number of benzene rings is 3. The molecule has 0 aliphatic heterocycles. The second-order valence-electron chi connectivity index (χ2n) is 5.54. The van der Waals surface area contributed by atoms with Crippen molar-refractivity contribution in [3.05, 3.63) is 99.6 Å². The van der Waals surface area contributed by atoms with Crippen molar-refractivity contribution in [1.82, 2.24) is 9.78 Å². The van der Waals surface area contributed by atoms with Crippen molar-refractivity contribution in [3.8, 4) is 16.8 Å². The molecular formula is C20H14N2O2. The molecule has 0 bridgehead atoms. The molecule has 116 valence electrons. The Bertz CT molecular complexity index is 1130. The zero-order chi connectivity index (χ0) is 16.5. The molecule has 4 rings (SSSR count). The third-order valence-corrected chi connectivity index (χ3v) is 4.03. The van der Waals surface area contributed by atoms with Gasteiger partial charge in [-0.1, -0.05) is 54.6 Å². The Labute approximate surface area is 137 Å². The first-order chi connectivity index (χ1) is 11.7. The highest BCUT2D eigenvalue weighted by molar-refractivity contribution is 5.86. The van der Waals surface area contributed by atoms with Gasteiger partial charge in [0.2, 0.25) is 0 Å². The van der Waals surface area contributed by atoms with Gasteiger partial charge in [-0.3, -0.25) is 14.7 Å². The molecule has 3 aromatic carbocycles. The van der Waals surface area contributed by atoms with E-state index in [1.165, 1.54) is 4.68 Å². The summed E-state index contributed by atoms with van der Waals surface area (Å²) in [5.41, 5.74) is 2.02. The maximum Gasteiger partial charge on any atom is 0.277 e. The van der Waals surface area contributed by atoms with E-state index in [0.717, 1.165) is 11.1 Å². The first-order valence-corrected chi connectivity index (χ1v) is 7.64. The second-order valence-corrected chi connectivity index (χ2v) is 5.54. The molecule has 1 heterocycles. The quantitative estimate of drug-likeness (QED) is 0.617. The number of hydrogen-bond acceptors (Lipinski definition) is 2. The van der Waals surface area contributed by atoms with Gasteiger partial charge in [-0.2, -0.15) is 0 Å². The summed E-state index contributed by atoms with van der Waals surface area (Å²) in [6.07, 6.45) is 0. The fourth-order valence-corrected chi connectivity index (χ4v) is 2.82. The molecule has 0 aliphatic rings. The summed E-state index contributed by atoms with van der Waals surface area (Å²) in [4.78, 5) is 25.2. The van der Waals surface area contributed by atoms with Crippen molar-refractivity contribution in [2.45, 2.75) is 0 Å². The van der Waals surface area contributed by atoms with Crippen molar-refractivity contribution in [2.24, 2.45) is 0 Å². The van der Waals surface area contributed by atoms with Gasteiger partial charge in [0.05, 0.1) is 16.5 Å². The Kier molecular flexibility index (Phi) is 3.35. The van der Waals surface area contributed by atoms with Crippen LogP contribution in [-0.4, -0.2) is 9.78 Å². The van der Waals surface area contributed by atoms with Crippen LogP contribution in [0.2, 0.25) is 0 Å². The number of hydrogen-bond donors (Lipinski definition) is 1. The van der Waals surface area contributed by atoms with Gasteiger partial charge in [0, 0.05) is 0 Å². The van der Waals surface area contributed by atoms with Crippen LogP contribution in [-0.2, 0) is 0 Å². The molecule has 0 amide bonds. The van der Waals surface area contributed by atoms with Crippen LogP contribution in [0.15, 0.2) is 88.5 Å². The molecule has 0 saturated heterocycles. The topological polar surface area (TPSA) is 54.9 Å². The Hall–Kier alpha value is -3.40. The zero-order valence-electron chi connectivity index (χ0n) is 12.8. The molecule has 0 aliphatic carbocycles. The largest absolute Gasteiger partial charge is 0.277 e. The summed E-state index contributed by atoms with van der Waals surface area (Å²) < 4.78 is 1.29. The van der Waals surface area contributed by atoms with E-state index >= 15 is 0 Å². The Morgan fingerprint density at radius 2 is 1.33 bits per heavy atom. The van der Waals surface area contributed by atoms with E-state index in [9.17, 15) is 9.59 Å². The average molecular weight is 314 g/mol. The number of aromatic amines is 1. The molecular weight excluding hydrogens is 300 g/mol. The highest BCUT2D eigenvalue weighted by atomic mass is 16.2. The predicted octanol–water partition coefficient (Wildman–Crippen LogP) is 3.35. The summed E-state index contributed by atoms with van der Waals surface area (Å²) in [5, 5.41) is 3.44. The molecule has 4 aromatic rings. The van der Waals surface area contributed by atoms with Gasteiger partial charge in [-0.05, 0) is 35.4 Å². The van der Waals surface area contributed by atoms with Crippen LogP contribution < -0.4 is 11.1 Å². The molecule has 0 fully saturated rings. The van der Waals surface area contributed by atoms with Gasteiger partial charge in [0.15, 0.2) is 0 Å². The van der Waals surface area contributed by atoms with Crippen LogP contribution in [0.25, 0.3) is 27.6 Å². The van der Waals surface area contributed by atoms with Crippen molar-refractivity contribution in [1.29, 1.82) is 0 Å². The van der Waals surface area contributed by atoms with Crippen molar-refractivity contribution < 1.29 is 0 Å². The first kappa shape index (κ1) is 14.2. The van der Waals surface area contributed by atoms with Gasteiger partial charge in [0.1, 0.15) is 0 Å². The molecule has 1 N–H and O–H groups in total. The smallest absolute Gasteiger partial charge is 0.267 e. The normalized spacial score (nSPS) is 10.8. The van der Waals surface area contributed by atoms with E-state index < -0.39 is 0 Å². The van der Waals surface area contributed by atoms with E-state index in [-0.39, 0.29) is 11.1 Å². The number of rotatable bonds is 2. The predicted molar refractivity (Wildman–Crippen MR) is 95.6 cm³/mol. The molecule has 1 aromatic heterocycles. The van der Waals surface area contributed by atoms with Gasteiger partial charge < -0.3 is 0 Å². The Morgan fingerprint density at radius 3 is 2.04 bits per heavy atom. The van der Waals surface area contributed by atoms with Crippen LogP contribution in [0.5, 0.6) is 0 Å². The molecule has 4 heteroatoms. The minimum atomic E-state index is -0.284. The summed E-state index contributed by atoms with van der Waals surface area (Å²) in [6.45, 7) is 0. The van der Waals surface area contributed by atoms with Crippen molar-refractivity contribution >= 4 is 10.8 Å². The fraction of sp³-hybridized carbons (Fsp3) is 0. The Balaban J connectivity index is 2.01. The van der Waals surface area contributed by atoms with Crippen LogP contribution in [0.1, 0.15) is 0 Å². The van der Waals surface area contributed by atoms with E-state index in [4.69, 9.17) is 0 Å². The minimum absolute atomic E-state index is 0.242. The fourth-order valence-electron chi connectivity index (χ4n) is 2.82. The van der Waals surface area contributed by atoms with Crippen molar-refractivity contribution in [3.63, 3.8) is 0 Å². The monoisotopic (exact) mass is 314 g/mol. The molecule has 0 radical (unpaired) electrons. The van der Waals surface area contributed by atoms with E-state index in [1.807, 2.05) is 54.6 Å². The molecule has 4 nitrogen and oxygen atoms in total. The SMILES string of the molecule is O=c1[nH]n(-c2ccccc2)c(=O)c2cc(-c3ccccc3)ccc12.